The van der Waals surface area contributed by atoms with Gasteiger partial charge in [-0.1, -0.05) is 6.07 Å². The molecule has 0 saturated carbocycles. The first-order valence-corrected chi connectivity index (χ1v) is 4.08. The van der Waals surface area contributed by atoms with Crippen molar-refractivity contribution >= 4 is 17.2 Å². The van der Waals surface area contributed by atoms with Crippen LogP contribution in [0, 0.1) is 0 Å². The number of alkyl halides is 2. The molecule has 0 saturated heterocycles. The summed E-state index contributed by atoms with van der Waals surface area (Å²) in [6, 6.07) is 5.46. The predicted molar refractivity (Wildman–Crippen MR) is 46.6 cm³/mol. The Bertz CT molecular complexity index is 382. The molecule has 0 N–H and O–H groups in total. The van der Waals surface area contributed by atoms with Crippen LogP contribution in [0.3, 0.4) is 0 Å². The third kappa shape index (κ3) is 1.72. The number of ether oxygens (including phenoxy) is 1. The van der Waals surface area contributed by atoms with E-state index in [4.69, 9.17) is 11.6 Å². The lowest BCUT2D eigenvalue weighted by atomic mass is 10.5. The number of pyridine rings is 1. The van der Waals surface area contributed by atoms with E-state index >= 15 is 0 Å². The number of rotatable bonds is 2. The van der Waals surface area contributed by atoms with Gasteiger partial charge in [0.15, 0.2) is 0 Å². The molecule has 0 aliphatic carbocycles. The van der Waals surface area contributed by atoms with Crippen molar-refractivity contribution in [3.8, 4) is 5.88 Å². The van der Waals surface area contributed by atoms with E-state index in [1.165, 1.54) is 0 Å². The second-order valence-corrected chi connectivity index (χ2v) is 2.77. The number of hydrogen-bond donors (Lipinski definition) is 0. The molecule has 0 aliphatic heterocycles. The van der Waals surface area contributed by atoms with Crippen molar-refractivity contribution in [1.82, 2.24) is 9.38 Å². The molecule has 0 fully saturated rings. The second-order valence-electron chi connectivity index (χ2n) is 2.42. The minimum atomic E-state index is -1.86. The Labute approximate surface area is 78.7 Å². The fraction of sp³-hybridized carbons (Fsp3) is 0.125. The van der Waals surface area contributed by atoms with Crippen molar-refractivity contribution in [2.75, 3.05) is 0 Å². The van der Waals surface area contributed by atoms with Crippen LogP contribution < -0.4 is 4.74 Å². The summed E-state index contributed by atoms with van der Waals surface area (Å²) in [4.78, 5) is 3.97. The van der Waals surface area contributed by atoms with Gasteiger partial charge in [0.25, 0.3) is 0 Å². The first-order valence-electron chi connectivity index (χ1n) is 3.64. The molecule has 3 nitrogen and oxygen atoms in total. The maximum atomic E-state index is 12.2. The van der Waals surface area contributed by atoms with Crippen LogP contribution in [0.25, 0.3) is 5.65 Å². The van der Waals surface area contributed by atoms with Crippen LogP contribution >= 0.6 is 11.6 Å². The van der Waals surface area contributed by atoms with Crippen molar-refractivity contribution in [1.29, 1.82) is 0 Å². The molecular weight excluding hydrogens is 195 g/mol. The Balaban J connectivity index is 2.38. The maximum Gasteiger partial charge on any atom is 0.317 e. The van der Waals surface area contributed by atoms with Crippen molar-refractivity contribution in [3.05, 3.63) is 30.6 Å². The lowest BCUT2D eigenvalue weighted by Crippen LogP contribution is -2.00. The lowest BCUT2D eigenvalue weighted by Gasteiger charge is -1.97. The van der Waals surface area contributed by atoms with Crippen LogP contribution in [0.15, 0.2) is 30.6 Å². The van der Waals surface area contributed by atoms with Gasteiger partial charge in [0.2, 0.25) is 5.88 Å². The third-order valence-corrected chi connectivity index (χ3v) is 1.64. The Morgan fingerprint density at radius 1 is 1.54 bits per heavy atom. The molecule has 0 bridgehead atoms. The third-order valence-electron chi connectivity index (χ3n) is 1.55. The van der Waals surface area contributed by atoms with Crippen LogP contribution in [0.5, 0.6) is 5.88 Å². The fourth-order valence-corrected chi connectivity index (χ4v) is 1.15. The number of imidazole rings is 1. The molecule has 2 heterocycles. The van der Waals surface area contributed by atoms with E-state index in [-0.39, 0.29) is 5.88 Å². The Morgan fingerprint density at radius 2 is 2.38 bits per heavy atom. The molecule has 5 heteroatoms. The zero-order valence-corrected chi connectivity index (χ0v) is 7.28. The largest absolute Gasteiger partial charge is 0.428 e. The number of nitrogens with zero attached hydrogens (tertiary/aromatic N) is 2. The first kappa shape index (κ1) is 8.31. The van der Waals surface area contributed by atoms with Crippen molar-refractivity contribution in [2.24, 2.45) is 0 Å². The molecular formula is C8H6ClFN2O. The van der Waals surface area contributed by atoms with Gasteiger partial charge >= 0.3 is 5.82 Å². The number of halogens is 2. The van der Waals surface area contributed by atoms with Gasteiger partial charge in [-0.3, -0.25) is 0 Å². The summed E-state index contributed by atoms with van der Waals surface area (Å²) in [6.07, 6.45) is 3.35. The van der Waals surface area contributed by atoms with Crippen LogP contribution in [-0.4, -0.2) is 15.2 Å². The van der Waals surface area contributed by atoms with E-state index in [0.29, 0.717) is 5.65 Å². The molecule has 0 radical (unpaired) electrons. The van der Waals surface area contributed by atoms with Crippen LogP contribution in [0.2, 0.25) is 0 Å². The van der Waals surface area contributed by atoms with Gasteiger partial charge in [0.05, 0.1) is 6.20 Å². The fourth-order valence-electron chi connectivity index (χ4n) is 1.06. The average molecular weight is 201 g/mol. The van der Waals surface area contributed by atoms with Crippen molar-refractivity contribution < 1.29 is 9.13 Å². The van der Waals surface area contributed by atoms with Crippen LogP contribution in [0.4, 0.5) is 4.39 Å². The molecule has 2 rings (SSSR count). The van der Waals surface area contributed by atoms with Gasteiger partial charge in [-0.15, -0.1) is 0 Å². The average Bonchev–Trinajstić information content (AvgIpc) is 2.44. The predicted octanol–water partition coefficient (Wildman–Crippen LogP) is 2.20. The van der Waals surface area contributed by atoms with E-state index in [1.54, 1.807) is 22.9 Å². The molecule has 2 aromatic rings. The summed E-state index contributed by atoms with van der Waals surface area (Å²) in [5, 5.41) is 0. The van der Waals surface area contributed by atoms with E-state index in [2.05, 4.69) is 9.72 Å². The van der Waals surface area contributed by atoms with Gasteiger partial charge in [0, 0.05) is 6.20 Å². The zero-order valence-electron chi connectivity index (χ0n) is 6.52. The van der Waals surface area contributed by atoms with Crippen LogP contribution in [0.1, 0.15) is 0 Å². The van der Waals surface area contributed by atoms with Gasteiger partial charge in [-0.25, -0.2) is 0 Å². The summed E-state index contributed by atoms with van der Waals surface area (Å²) in [6.45, 7) is 0. The van der Waals surface area contributed by atoms with Gasteiger partial charge < -0.3 is 9.14 Å². The lowest BCUT2D eigenvalue weighted by molar-refractivity contribution is 0.141. The number of hydrogen-bond acceptors (Lipinski definition) is 2. The normalized spacial score (nSPS) is 13.1. The summed E-state index contributed by atoms with van der Waals surface area (Å²) in [5.41, 5.74) is 0.690. The zero-order chi connectivity index (χ0) is 9.26. The maximum absolute atomic E-state index is 12.2. The highest BCUT2D eigenvalue weighted by molar-refractivity contribution is 6.18. The van der Waals surface area contributed by atoms with Crippen molar-refractivity contribution in [3.63, 3.8) is 0 Å². The SMILES string of the molecule is FC(Cl)Oc1cn2ccccc2n1. The molecule has 1 atom stereocenters. The minimum Gasteiger partial charge on any atom is -0.428 e. The molecule has 13 heavy (non-hydrogen) atoms. The van der Waals surface area contributed by atoms with E-state index in [1.807, 2.05) is 12.1 Å². The molecule has 1 unspecified atom stereocenters. The summed E-state index contributed by atoms with van der Waals surface area (Å²) in [7, 11) is 0. The molecule has 2 aromatic heterocycles. The van der Waals surface area contributed by atoms with E-state index in [9.17, 15) is 4.39 Å². The van der Waals surface area contributed by atoms with Gasteiger partial charge in [-0.2, -0.15) is 9.37 Å². The number of aromatic nitrogens is 2. The molecule has 0 aromatic carbocycles. The number of fused-ring (bicyclic) bond motifs is 1. The summed E-state index contributed by atoms with van der Waals surface area (Å²) >= 11 is 5.00. The topological polar surface area (TPSA) is 26.5 Å². The highest BCUT2D eigenvalue weighted by atomic mass is 35.5. The van der Waals surface area contributed by atoms with E-state index < -0.39 is 5.82 Å². The summed E-state index contributed by atoms with van der Waals surface area (Å²) < 4.78 is 18.5. The quantitative estimate of drug-likeness (QED) is 0.695. The van der Waals surface area contributed by atoms with E-state index in [0.717, 1.165) is 0 Å². The van der Waals surface area contributed by atoms with Crippen LogP contribution in [-0.2, 0) is 0 Å². The van der Waals surface area contributed by atoms with Gasteiger partial charge in [0.1, 0.15) is 5.65 Å². The Morgan fingerprint density at radius 3 is 3.08 bits per heavy atom. The molecule has 0 amide bonds. The summed E-state index contributed by atoms with van der Waals surface area (Å²) in [5.74, 6) is -1.68. The smallest absolute Gasteiger partial charge is 0.317 e. The molecule has 68 valence electrons. The highest BCUT2D eigenvalue weighted by Gasteiger charge is 2.06. The molecule has 0 aliphatic rings. The minimum absolute atomic E-state index is 0.175. The highest BCUT2D eigenvalue weighted by Crippen LogP contribution is 2.14. The second kappa shape index (κ2) is 3.22. The first-order chi connectivity index (χ1) is 6.25. The standard InChI is InChI=1S/C8H6ClFN2O/c9-8(10)13-7-5-12-4-2-1-3-6(12)11-7/h1-5,8H. The van der Waals surface area contributed by atoms with Gasteiger partial charge in [-0.05, 0) is 23.7 Å². The Hall–Kier alpha value is -1.29. The Kier molecular flexibility index (Phi) is 2.06. The monoisotopic (exact) mass is 200 g/mol. The molecule has 0 spiro atoms. The van der Waals surface area contributed by atoms with Crippen molar-refractivity contribution in [2.45, 2.75) is 5.82 Å².